The number of benzene rings is 2. The number of rotatable bonds is 2. The van der Waals surface area contributed by atoms with Crippen molar-refractivity contribution in [1.29, 1.82) is 0 Å². The lowest BCUT2D eigenvalue weighted by Crippen LogP contribution is -1.95. The van der Waals surface area contributed by atoms with Crippen molar-refractivity contribution >= 4 is 32.3 Å². The smallest absolute Gasteiger partial charge is 0.264 e. The van der Waals surface area contributed by atoms with Crippen molar-refractivity contribution in [3.05, 3.63) is 65.7 Å². The molecule has 0 unspecified atom stereocenters. The van der Waals surface area contributed by atoms with Crippen molar-refractivity contribution in [3.63, 3.8) is 0 Å². The Morgan fingerprint density at radius 2 is 1.90 bits per heavy atom. The first kappa shape index (κ1) is 12.3. The molecule has 0 aliphatic heterocycles. The molecule has 4 aromatic rings. The predicted molar refractivity (Wildman–Crippen MR) is 84.7 cm³/mol. The summed E-state index contributed by atoms with van der Waals surface area (Å²) >= 11 is 3.39. The van der Waals surface area contributed by atoms with Crippen LogP contribution in [-0.4, -0.2) is 14.4 Å². The van der Waals surface area contributed by atoms with Gasteiger partial charge in [0.05, 0.1) is 0 Å². The molecule has 0 amide bonds. The molecule has 0 saturated heterocycles. The van der Waals surface area contributed by atoms with Crippen LogP contribution in [0.2, 0.25) is 0 Å². The monoisotopic (exact) mass is 339 g/mol. The normalized spacial score (nSPS) is 11.1. The van der Waals surface area contributed by atoms with Crippen LogP contribution in [0, 0.1) is 0 Å². The van der Waals surface area contributed by atoms with E-state index in [-0.39, 0.29) is 0 Å². The van der Waals surface area contributed by atoms with Crippen molar-refractivity contribution in [2.75, 3.05) is 0 Å². The zero-order valence-corrected chi connectivity index (χ0v) is 12.5. The maximum atomic E-state index is 6.02. The average Bonchev–Trinajstić information content (AvgIpc) is 2.96. The number of hydrogen-bond acceptors (Lipinski definition) is 3. The third-order valence-electron chi connectivity index (χ3n) is 3.27. The van der Waals surface area contributed by atoms with Crippen LogP contribution >= 0.6 is 15.9 Å². The van der Waals surface area contributed by atoms with Gasteiger partial charge in [0, 0.05) is 24.0 Å². The molecule has 0 atom stereocenters. The Bertz CT molecular complexity index is 943. The number of nitrogens with zero attached hydrogens (tertiary/aromatic N) is 3. The van der Waals surface area contributed by atoms with E-state index in [1.165, 1.54) is 0 Å². The van der Waals surface area contributed by atoms with Gasteiger partial charge < -0.3 is 4.74 Å². The Kier molecular flexibility index (Phi) is 2.86. The molecule has 0 fully saturated rings. The molecule has 4 nitrogen and oxygen atoms in total. The first-order valence-corrected chi connectivity index (χ1v) is 7.25. The fourth-order valence-electron chi connectivity index (χ4n) is 2.33. The lowest BCUT2D eigenvalue weighted by molar-refractivity contribution is 0.469. The Labute approximate surface area is 129 Å². The molecular weight excluding hydrogens is 330 g/mol. The Morgan fingerprint density at radius 1 is 1.05 bits per heavy atom. The predicted octanol–water partition coefficient (Wildman–Crippen LogP) is 4.44. The van der Waals surface area contributed by atoms with Gasteiger partial charge in [-0.05, 0) is 27.4 Å². The molecule has 5 heteroatoms. The molecule has 0 spiro atoms. The van der Waals surface area contributed by atoms with Gasteiger partial charge >= 0.3 is 0 Å². The van der Waals surface area contributed by atoms with Gasteiger partial charge in [-0.3, -0.25) is 4.40 Å². The van der Waals surface area contributed by atoms with Crippen LogP contribution in [0.25, 0.3) is 16.4 Å². The summed E-state index contributed by atoms with van der Waals surface area (Å²) in [6, 6.07) is 14.1. The lowest BCUT2D eigenvalue weighted by atomic mass is 10.1. The quantitative estimate of drug-likeness (QED) is 0.542. The van der Waals surface area contributed by atoms with E-state index in [4.69, 9.17) is 4.74 Å². The van der Waals surface area contributed by atoms with Gasteiger partial charge in [0.25, 0.3) is 5.88 Å². The number of imidazole rings is 1. The molecule has 2 aromatic heterocycles. The molecule has 2 heterocycles. The molecule has 0 radical (unpaired) electrons. The third-order valence-corrected chi connectivity index (χ3v) is 3.65. The van der Waals surface area contributed by atoms with Crippen molar-refractivity contribution in [2.24, 2.45) is 0 Å². The maximum absolute atomic E-state index is 6.02. The van der Waals surface area contributed by atoms with Gasteiger partial charge in [-0.25, -0.2) is 9.97 Å². The van der Waals surface area contributed by atoms with Gasteiger partial charge in [0.2, 0.25) is 5.65 Å². The van der Waals surface area contributed by atoms with E-state index >= 15 is 0 Å². The highest BCUT2D eigenvalue weighted by Crippen LogP contribution is 2.31. The van der Waals surface area contributed by atoms with Crippen molar-refractivity contribution in [1.82, 2.24) is 14.4 Å². The third kappa shape index (κ3) is 2.15. The largest absolute Gasteiger partial charge is 0.435 e. The summed E-state index contributed by atoms with van der Waals surface area (Å²) in [5.74, 6) is 1.24. The number of aromatic nitrogens is 3. The van der Waals surface area contributed by atoms with Gasteiger partial charge in [0.1, 0.15) is 10.4 Å². The van der Waals surface area contributed by atoms with E-state index in [0.717, 1.165) is 16.5 Å². The number of ether oxygens (including phenoxy) is 1. The first-order chi connectivity index (χ1) is 10.3. The molecule has 0 saturated carbocycles. The van der Waals surface area contributed by atoms with E-state index in [2.05, 4.69) is 38.0 Å². The zero-order chi connectivity index (χ0) is 14.2. The van der Waals surface area contributed by atoms with Crippen LogP contribution in [0.15, 0.2) is 65.7 Å². The zero-order valence-electron chi connectivity index (χ0n) is 10.9. The second-order valence-electron chi connectivity index (χ2n) is 4.61. The lowest BCUT2D eigenvalue weighted by Gasteiger charge is -2.09. The topological polar surface area (TPSA) is 39.4 Å². The van der Waals surface area contributed by atoms with Gasteiger partial charge in [-0.15, -0.1) is 0 Å². The molecular formula is C16H10BrN3O. The number of halogens is 1. The van der Waals surface area contributed by atoms with Crippen LogP contribution in [0.4, 0.5) is 0 Å². The van der Waals surface area contributed by atoms with Crippen LogP contribution in [0.5, 0.6) is 11.6 Å². The summed E-state index contributed by atoms with van der Waals surface area (Å²) in [4.78, 5) is 8.68. The maximum Gasteiger partial charge on any atom is 0.264 e. The second kappa shape index (κ2) is 4.86. The Morgan fingerprint density at radius 3 is 2.86 bits per heavy atom. The number of fused-ring (bicyclic) bond motifs is 2. The van der Waals surface area contributed by atoms with Crippen LogP contribution < -0.4 is 4.74 Å². The highest BCUT2D eigenvalue weighted by Gasteiger charge is 2.10. The summed E-state index contributed by atoms with van der Waals surface area (Å²) in [6.07, 6.45) is 5.43. The molecule has 0 aliphatic rings. The van der Waals surface area contributed by atoms with Gasteiger partial charge in [-0.1, -0.05) is 36.4 Å². The molecule has 0 bridgehead atoms. The summed E-state index contributed by atoms with van der Waals surface area (Å²) in [7, 11) is 0. The van der Waals surface area contributed by atoms with E-state index in [9.17, 15) is 0 Å². The minimum Gasteiger partial charge on any atom is -0.435 e. The highest BCUT2D eigenvalue weighted by molar-refractivity contribution is 9.10. The Hall–Kier alpha value is -2.40. The molecule has 0 aliphatic carbocycles. The van der Waals surface area contributed by atoms with E-state index < -0.39 is 0 Å². The first-order valence-electron chi connectivity index (χ1n) is 6.46. The molecule has 2 aromatic carbocycles. The highest BCUT2D eigenvalue weighted by atomic mass is 79.9. The van der Waals surface area contributed by atoms with E-state index in [1.807, 2.05) is 47.1 Å². The summed E-state index contributed by atoms with van der Waals surface area (Å²) < 4.78 is 8.59. The van der Waals surface area contributed by atoms with Crippen LogP contribution in [0.1, 0.15) is 0 Å². The SMILES string of the molecule is Brc1cn2ccnc2c(Oc2cccc3ccccc23)n1. The van der Waals surface area contributed by atoms with Crippen LogP contribution in [-0.2, 0) is 0 Å². The molecule has 21 heavy (non-hydrogen) atoms. The molecule has 0 N–H and O–H groups in total. The van der Waals surface area contributed by atoms with Crippen LogP contribution in [0.3, 0.4) is 0 Å². The minimum absolute atomic E-state index is 0.478. The summed E-state index contributed by atoms with van der Waals surface area (Å²) in [6.45, 7) is 0. The van der Waals surface area contributed by atoms with Gasteiger partial charge in [0.15, 0.2) is 0 Å². The fraction of sp³-hybridized carbons (Fsp3) is 0. The molecule has 4 rings (SSSR count). The summed E-state index contributed by atoms with van der Waals surface area (Å²) in [5, 5.41) is 2.18. The van der Waals surface area contributed by atoms with Gasteiger partial charge in [-0.2, -0.15) is 0 Å². The standard InChI is InChI=1S/C16H10BrN3O/c17-14-10-20-9-8-18-15(20)16(19-14)21-13-7-3-5-11-4-1-2-6-12(11)13/h1-10H. The number of hydrogen-bond donors (Lipinski definition) is 0. The summed E-state index contributed by atoms with van der Waals surface area (Å²) in [5.41, 5.74) is 0.686. The van der Waals surface area contributed by atoms with E-state index in [0.29, 0.717) is 16.1 Å². The van der Waals surface area contributed by atoms with Crippen molar-refractivity contribution < 1.29 is 4.74 Å². The van der Waals surface area contributed by atoms with Crippen molar-refractivity contribution in [2.45, 2.75) is 0 Å². The minimum atomic E-state index is 0.478. The van der Waals surface area contributed by atoms with E-state index in [1.54, 1.807) is 6.20 Å². The molecule has 102 valence electrons. The Balaban J connectivity index is 1.89. The fourth-order valence-corrected chi connectivity index (χ4v) is 2.71. The average molecular weight is 340 g/mol. The van der Waals surface area contributed by atoms with Crippen molar-refractivity contribution in [3.8, 4) is 11.6 Å². The second-order valence-corrected chi connectivity index (χ2v) is 5.42.